The normalized spacial score (nSPS) is 11.1. The first-order valence-electron chi connectivity index (χ1n) is 5.39. The molecule has 1 heterocycles. The van der Waals surface area contributed by atoms with E-state index in [-0.39, 0.29) is 5.56 Å². The molecule has 0 aliphatic heterocycles. The molecule has 1 aromatic rings. The molecule has 0 aliphatic carbocycles. The molecule has 0 aliphatic rings. The Kier molecular flexibility index (Phi) is 5.22. The molecule has 90 valence electrons. The van der Waals surface area contributed by atoms with E-state index in [1.165, 1.54) is 0 Å². The van der Waals surface area contributed by atoms with Gasteiger partial charge in [0, 0.05) is 30.2 Å². The van der Waals surface area contributed by atoms with Crippen molar-refractivity contribution in [1.82, 2.24) is 4.57 Å². The van der Waals surface area contributed by atoms with Gasteiger partial charge in [-0.3, -0.25) is 4.79 Å². The van der Waals surface area contributed by atoms with Crippen molar-refractivity contribution in [3.8, 4) is 0 Å². The van der Waals surface area contributed by atoms with Crippen molar-refractivity contribution < 1.29 is 4.74 Å². The average molecular weight is 288 g/mol. The summed E-state index contributed by atoms with van der Waals surface area (Å²) in [5, 5.41) is 0.594. The summed E-state index contributed by atoms with van der Waals surface area (Å²) >= 11 is 3.33. The molecule has 0 saturated heterocycles. The second-order valence-electron chi connectivity index (χ2n) is 4.02. The highest BCUT2D eigenvalue weighted by atomic mass is 79.9. The minimum atomic E-state index is 0.0834. The summed E-state index contributed by atoms with van der Waals surface area (Å²) in [6.45, 7) is 5.35. The standard InChI is InChI=1S/C12H18BrNO2/c1-9(2)11-5-4-10(8-13)12(15)14(11)6-7-16-3/h4-5,9H,6-8H2,1-3H3. The summed E-state index contributed by atoms with van der Waals surface area (Å²) in [5.74, 6) is 0.342. The minimum Gasteiger partial charge on any atom is -0.383 e. The van der Waals surface area contributed by atoms with Crippen LogP contribution in [0.1, 0.15) is 31.0 Å². The van der Waals surface area contributed by atoms with E-state index >= 15 is 0 Å². The number of hydrogen-bond acceptors (Lipinski definition) is 2. The number of pyridine rings is 1. The second kappa shape index (κ2) is 6.21. The fourth-order valence-electron chi connectivity index (χ4n) is 1.66. The van der Waals surface area contributed by atoms with Crippen LogP contribution in [0.15, 0.2) is 16.9 Å². The van der Waals surface area contributed by atoms with E-state index in [9.17, 15) is 4.79 Å². The van der Waals surface area contributed by atoms with E-state index in [1.807, 2.05) is 16.7 Å². The topological polar surface area (TPSA) is 31.2 Å². The third-order valence-corrected chi connectivity index (χ3v) is 3.15. The summed E-state index contributed by atoms with van der Waals surface area (Å²) in [6.07, 6.45) is 0. The highest BCUT2D eigenvalue weighted by Gasteiger charge is 2.10. The largest absolute Gasteiger partial charge is 0.383 e. The van der Waals surface area contributed by atoms with Crippen molar-refractivity contribution in [2.45, 2.75) is 31.6 Å². The lowest BCUT2D eigenvalue weighted by Gasteiger charge is -2.16. The van der Waals surface area contributed by atoms with Crippen molar-refractivity contribution in [2.24, 2.45) is 0 Å². The molecule has 16 heavy (non-hydrogen) atoms. The van der Waals surface area contributed by atoms with Crippen LogP contribution in [0.25, 0.3) is 0 Å². The first kappa shape index (κ1) is 13.5. The SMILES string of the molecule is COCCn1c(C(C)C)ccc(CBr)c1=O. The smallest absolute Gasteiger partial charge is 0.254 e. The third kappa shape index (κ3) is 2.95. The van der Waals surface area contributed by atoms with Gasteiger partial charge in [0.2, 0.25) is 0 Å². The fraction of sp³-hybridized carbons (Fsp3) is 0.583. The first-order chi connectivity index (χ1) is 7.61. The second-order valence-corrected chi connectivity index (χ2v) is 4.58. The molecule has 3 nitrogen and oxygen atoms in total. The number of alkyl halides is 1. The van der Waals surface area contributed by atoms with Gasteiger partial charge in [0.25, 0.3) is 5.56 Å². The molecule has 0 amide bonds. The van der Waals surface area contributed by atoms with E-state index in [4.69, 9.17) is 4.74 Å². The number of nitrogens with zero attached hydrogens (tertiary/aromatic N) is 1. The van der Waals surface area contributed by atoms with Crippen LogP contribution in [0.4, 0.5) is 0 Å². The van der Waals surface area contributed by atoms with Gasteiger partial charge in [0.15, 0.2) is 0 Å². The summed E-state index contributed by atoms with van der Waals surface area (Å²) in [6, 6.07) is 3.92. The zero-order chi connectivity index (χ0) is 12.1. The highest BCUT2D eigenvalue weighted by Crippen LogP contribution is 2.13. The molecule has 0 radical (unpaired) electrons. The maximum absolute atomic E-state index is 12.1. The Hall–Kier alpha value is -0.610. The van der Waals surface area contributed by atoms with Gasteiger partial charge in [-0.1, -0.05) is 35.8 Å². The van der Waals surface area contributed by atoms with Crippen molar-refractivity contribution in [3.05, 3.63) is 33.7 Å². The minimum absolute atomic E-state index is 0.0834. The Morgan fingerprint density at radius 2 is 2.12 bits per heavy atom. The van der Waals surface area contributed by atoms with Gasteiger partial charge in [-0.2, -0.15) is 0 Å². The van der Waals surface area contributed by atoms with Gasteiger partial charge in [0.05, 0.1) is 6.61 Å². The number of hydrogen-bond donors (Lipinski definition) is 0. The molecule has 0 N–H and O–H groups in total. The predicted molar refractivity (Wildman–Crippen MR) is 69.3 cm³/mol. The molecule has 1 rings (SSSR count). The van der Waals surface area contributed by atoms with Crippen LogP contribution < -0.4 is 5.56 Å². The van der Waals surface area contributed by atoms with Crippen LogP contribution in [-0.2, 0) is 16.6 Å². The maximum Gasteiger partial charge on any atom is 0.254 e. The van der Waals surface area contributed by atoms with Crippen LogP contribution in [0, 0.1) is 0 Å². The van der Waals surface area contributed by atoms with Crippen LogP contribution >= 0.6 is 15.9 Å². The van der Waals surface area contributed by atoms with E-state index in [0.717, 1.165) is 11.3 Å². The van der Waals surface area contributed by atoms with Gasteiger partial charge >= 0.3 is 0 Å². The van der Waals surface area contributed by atoms with Gasteiger partial charge in [-0.25, -0.2) is 0 Å². The first-order valence-corrected chi connectivity index (χ1v) is 6.51. The monoisotopic (exact) mass is 287 g/mol. The Balaban J connectivity index is 3.20. The molecule has 1 aromatic heterocycles. The van der Waals surface area contributed by atoms with Crippen molar-refractivity contribution in [1.29, 1.82) is 0 Å². The quantitative estimate of drug-likeness (QED) is 0.780. The van der Waals surface area contributed by atoms with Crippen LogP contribution in [0.2, 0.25) is 0 Å². The lowest BCUT2D eigenvalue weighted by Crippen LogP contribution is -2.28. The predicted octanol–water partition coefficient (Wildman–Crippen LogP) is 2.51. The van der Waals surface area contributed by atoms with Gasteiger partial charge in [0.1, 0.15) is 0 Å². The zero-order valence-corrected chi connectivity index (χ0v) is 11.6. The lowest BCUT2D eigenvalue weighted by atomic mass is 10.1. The van der Waals surface area contributed by atoms with E-state index in [2.05, 4.69) is 29.8 Å². The molecular formula is C12H18BrNO2. The Morgan fingerprint density at radius 1 is 1.44 bits per heavy atom. The molecular weight excluding hydrogens is 270 g/mol. The average Bonchev–Trinajstić information content (AvgIpc) is 2.26. The third-order valence-electron chi connectivity index (χ3n) is 2.54. The maximum atomic E-state index is 12.1. The van der Waals surface area contributed by atoms with Gasteiger partial charge < -0.3 is 9.30 Å². The zero-order valence-electron chi connectivity index (χ0n) is 10.00. The van der Waals surface area contributed by atoms with Crippen LogP contribution in [-0.4, -0.2) is 18.3 Å². The molecule has 0 atom stereocenters. The summed E-state index contributed by atoms with van der Waals surface area (Å²) < 4.78 is 6.85. The molecule has 0 saturated carbocycles. The summed E-state index contributed by atoms with van der Waals surface area (Å²) in [4.78, 5) is 12.1. The Labute approximate surface area is 105 Å². The van der Waals surface area contributed by atoms with E-state index in [1.54, 1.807) is 7.11 Å². The molecule has 0 fully saturated rings. The lowest BCUT2D eigenvalue weighted by molar-refractivity contribution is 0.185. The molecule has 0 unspecified atom stereocenters. The van der Waals surface area contributed by atoms with Gasteiger partial charge in [-0.05, 0) is 12.0 Å². The van der Waals surface area contributed by atoms with E-state index < -0.39 is 0 Å². The molecule has 0 aromatic carbocycles. The highest BCUT2D eigenvalue weighted by molar-refractivity contribution is 9.08. The summed E-state index contributed by atoms with van der Waals surface area (Å²) in [7, 11) is 1.65. The van der Waals surface area contributed by atoms with Crippen molar-refractivity contribution in [3.63, 3.8) is 0 Å². The van der Waals surface area contributed by atoms with Crippen molar-refractivity contribution >= 4 is 15.9 Å². The van der Waals surface area contributed by atoms with Crippen molar-refractivity contribution in [2.75, 3.05) is 13.7 Å². The van der Waals surface area contributed by atoms with Gasteiger partial charge in [-0.15, -0.1) is 0 Å². The van der Waals surface area contributed by atoms with Crippen LogP contribution in [0.5, 0.6) is 0 Å². The molecule has 0 spiro atoms. The Bertz CT molecular complexity index is 398. The number of halogens is 1. The number of aromatic nitrogens is 1. The van der Waals surface area contributed by atoms with E-state index in [0.29, 0.717) is 24.4 Å². The number of methoxy groups -OCH3 is 1. The summed E-state index contributed by atoms with van der Waals surface area (Å²) in [5.41, 5.74) is 1.94. The molecule has 0 bridgehead atoms. The molecule has 4 heteroatoms. The Morgan fingerprint density at radius 3 is 2.62 bits per heavy atom. The fourth-order valence-corrected chi connectivity index (χ4v) is 2.08. The van der Waals surface area contributed by atoms with Crippen LogP contribution in [0.3, 0.4) is 0 Å². The number of ether oxygens (including phenoxy) is 1. The number of rotatable bonds is 5.